The Balaban J connectivity index is 0.000000486. The van der Waals surface area contributed by atoms with Gasteiger partial charge in [-0.1, -0.05) is 35.4 Å². The molecule has 0 saturated heterocycles. The fourth-order valence-corrected chi connectivity index (χ4v) is 5.59. The van der Waals surface area contributed by atoms with Gasteiger partial charge in [-0.15, -0.1) is 0 Å². The SMILES string of the molecule is CCOc1cc(C2=NN(C(=O)c3ccc(NC(=O)c4ccc(NC(=O)c5ccc(C)cc5)cc4)cc3)CCC2)ccc1OC.Cc1ccc(C(=O)Cl)cc1. The van der Waals surface area contributed by atoms with Gasteiger partial charge in [0, 0.05) is 45.7 Å². The molecule has 0 atom stereocenters. The summed E-state index contributed by atoms with van der Waals surface area (Å²) < 4.78 is 11.1. The highest BCUT2D eigenvalue weighted by molar-refractivity contribution is 6.67. The second kappa shape index (κ2) is 18.5. The Labute approximate surface area is 319 Å². The van der Waals surface area contributed by atoms with Gasteiger partial charge in [-0.25, -0.2) is 5.01 Å². The lowest BCUT2D eigenvalue weighted by atomic mass is 10.0. The minimum atomic E-state index is -0.403. The Kier molecular flexibility index (Phi) is 13.3. The number of hydrogen-bond acceptors (Lipinski definition) is 7. The lowest BCUT2D eigenvalue weighted by Crippen LogP contribution is -2.32. The van der Waals surface area contributed by atoms with Crippen LogP contribution in [0.1, 0.15) is 77.9 Å². The zero-order valence-corrected chi connectivity index (χ0v) is 31.3. The van der Waals surface area contributed by atoms with Crippen LogP contribution in [-0.4, -0.2) is 53.9 Å². The summed E-state index contributed by atoms with van der Waals surface area (Å²) >= 11 is 5.22. The number of rotatable bonds is 10. The van der Waals surface area contributed by atoms with Gasteiger partial charge in [0.25, 0.3) is 23.0 Å². The van der Waals surface area contributed by atoms with Gasteiger partial charge in [0.05, 0.1) is 19.4 Å². The summed E-state index contributed by atoms with van der Waals surface area (Å²) in [5, 5.41) is 11.4. The number of ether oxygens (including phenoxy) is 2. The molecule has 1 aliphatic heterocycles. The highest BCUT2D eigenvalue weighted by atomic mass is 35.5. The first-order valence-corrected chi connectivity index (χ1v) is 17.8. The highest BCUT2D eigenvalue weighted by Gasteiger charge is 2.22. The van der Waals surface area contributed by atoms with E-state index in [9.17, 15) is 19.2 Å². The fourth-order valence-electron chi connectivity index (χ4n) is 5.46. The first-order valence-electron chi connectivity index (χ1n) is 17.4. The topological polar surface area (TPSA) is 126 Å². The Morgan fingerprint density at radius 2 is 1.19 bits per heavy atom. The van der Waals surface area contributed by atoms with Gasteiger partial charge in [0.1, 0.15) is 0 Å². The largest absolute Gasteiger partial charge is 0.493 e. The van der Waals surface area contributed by atoms with Crippen LogP contribution in [0.25, 0.3) is 0 Å². The van der Waals surface area contributed by atoms with Crippen LogP contribution >= 0.6 is 11.6 Å². The molecular formula is C43H41ClN4O6. The van der Waals surface area contributed by atoms with Crippen molar-refractivity contribution in [3.63, 3.8) is 0 Å². The van der Waals surface area contributed by atoms with E-state index in [-0.39, 0.29) is 17.7 Å². The molecule has 3 amide bonds. The van der Waals surface area contributed by atoms with Crippen molar-refractivity contribution >= 4 is 51.7 Å². The van der Waals surface area contributed by atoms with E-state index in [1.165, 1.54) is 5.01 Å². The second-order valence-electron chi connectivity index (χ2n) is 12.4. The van der Waals surface area contributed by atoms with E-state index >= 15 is 0 Å². The predicted octanol–water partition coefficient (Wildman–Crippen LogP) is 8.92. The van der Waals surface area contributed by atoms with Gasteiger partial charge in [0.2, 0.25) is 0 Å². The molecule has 0 spiro atoms. The summed E-state index contributed by atoms with van der Waals surface area (Å²) in [5.74, 6) is 0.530. The smallest absolute Gasteiger partial charge is 0.273 e. The Morgan fingerprint density at radius 1 is 0.685 bits per heavy atom. The predicted molar refractivity (Wildman–Crippen MR) is 212 cm³/mol. The number of amides is 3. The third-order valence-corrected chi connectivity index (χ3v) is 8.66. The Bertz CT molecular complexity index is 2130. The van der Waals surface area contributed by atoms with Gasteiger partial charge < -0.3 is 20.1 Å². The molecule has 0 fully saturated rings. The summed E-state index contributed by atoms with van der Waals surface area (Å²) in [4.78, 5) is 49.1. The molecular weight excluding hydrogens is 704 g/mol. The van der Waals surface area contributed by atoms with Crippen molar-refractivity contribution in [3.8, 4) is 11.5 Å². The molecule has 1 heterocycles. The maximum Gasteiger partial charge on any atom is 0.273 e. The monoisotopic (exact) mass is 744 g/mol. The van der Waals surface area contributed by atoms with E-state index in [2.05, 4.69) is 15.7 Å². The molecule has 0 bridgehead atoms. The minimum absolute atomic E-state index is 0.220. The van der Waals surface area contributed by atoms with Gasteiger partial charge in [-0.05, 0) is 136 Å². The molecule has 0 saturated carbocycles. The number of nitrogens with zero attached hydrogens (tertiary/aromatic N) is 2. The van der Waals surface area contributed by atoms with E-state index in [4.69, 9.17) is 21.1 Å². The molecule has 0 radical (unpaired) electrons. The molecule has 5 aromatic rings. The molecule has 54 heavy (non-hydrogen) atoms. The van der Waals surface area contributed by atoms with E-state index in [1.807, 2.05) is 63.2 Å². The first kappa shape index (κ1) is 39.0. The van der Waals surface area contributed by atoms with E-state index < -0.39 is 5.24 Å². The van der Waals surface area contributed by atoms with E-state index in [0.717, 1.165) is 35.2 Å². The zero-order chi connectivity index (χ0) is 38.6. The summed E-state index contributed by atoms with van der Waals surface area (Å²) in [7, 11) is 1.60. The van der Waals surface area contributed by atoms with Crippen LogP contribution < -0.4 is 20.1 Å². The molecule has 10 nitrogen and oxygen atoms in total. The number of benzene rings is 5. The average Bonchev–Trinajstić information content (AvgIpc) is 3.19. The standard InChI is InChI=1S/C35H34N4O5.C8H7ClO/c1-4-44-32-22-27(15-20-31(32)43-3)30-6-5-21-39(38-30)35(42)26-13-18-29(19-14-26)37-34(41)25-11-16-28(17-12-25)36-33(40)24-9-7-23(2)8-10-24;1-6-2-4-7(5-3-6)8(9)10/h7-20,22H,4-6,21H2,1-3H3,(H,36,40)(H,37,41);2-5H,1H3. The molecule has 0 aromatic heterocycles. The summed E-state index contributed by atoms with van der Waals surface area (Å²) in [5.41, 5.74) is 7.02. The van der Waals surface area contributed by atoms with Crippen molar-refractivity contribution in [1.82, 2.24) is 5.01 Å². The lowest BCUT2D eigenvalue weighted by molar-refractivity contribution is 0.0751. The van der Waals surface area contributed by atoms with Crippen molar-refractivity contribution < 1.29 is 28.7 Å². The third kappa shape index (κ3) is 10.4. The fraction of sp³-hybridized carbons (Fsp3) is 0.186. The lowest BCUT2D eigenvalue weighted by Gasteiger charge is -2.24. The molecule has 5 aromatic carbocycles. The summed E-state index contributed by atoms with van der Waals surface area (Å²) in [6.07, 6.45) is 1.52. The third-order valence-electron chi connectivity index (χ3n) is 8.44. The van der Waals surface area contributed by atoms with Gasteiger partial charge in [0.15, 0.2) is 11.5 Å². The van der Waals surface area contributed by atoms with Crippen LogP contribution in [0.5, 0.6) is 11.5 Å². The molecule has 0 aliphatic carbocycles. The van der Waals surface area contributed by atoms with Crippen LogP contribution in [0.2, 0.25) is 0 Å². The van der Waals surface area contributed by atoms with Crippen molar-refractivity contribution in [3.05, 3.63) is 154 Å². The number of anilines is 2. The van der Waals surface area contributed by atoms with E-state index in [0.29, 0.717) is 58.3 Å². The molecule has 6 rings (SSSR count). The minimum Gasteiger partial charge on any atom is -0.493 e. The van der Waals surface area contributed by atoms with Crippen LogP contribution in [-0.2, 0) is 0 Å². The van der Waals surface area contributed by atoms with Crippen molar-refractivity contribution in [1.29, 1.82) is 0 Å². The molecule has 276 valence electrons. The van der Waals surface area contributed by atoms with Crippen LogP contribution in [0, 0.1) is 13.8 Å². The molecule has 11 heteroatoms. The first-order chi connectivity index (χ1) is 26.0. The normalized spacial score (nSPS) is 12.0. The number of aryl methyl sites for hydroxylation is 2. The van der Waals surface area contributed by atoms with E-state index in [1.54, 1.807) is 79.9 Å². The Morgan fingerprint density at radius 3 is 1.69 bits per heavy atom. The van der Waals surface area contributed by atoms with Gasteiger partial charge >= 0.3 is 0 Å². The summed E-state index contributed by atoms with van der Waals surface area (Å²) in [6, 6.07) is 33.5. The summed E-state index contributed by atoms with van der Waals surface area (Å²) in [6.45, 7) is 6.85. The average molecular weight is 745 g/mol. The highest BCUT2D eigenvalue weighted by Crippen LogP contribution is 2.30. The second-order valence-corrected chi connectivity index (χ2v) is 12.8. The number of carbonyl (C=O) groups is 4. The zero-order valence-electron chi connectivity index (χ0n) is 30.5. The van der Waals surface area contributed by atoms with Crippen molar-refractivity contribution in [2.75, 3.05) is 30.9 Å². The molecule has 1 aliphatic rings. The van der Waals surface area contributed by atoms with Crippen molar-refractivity contribution in [2.24, 2.45) is 5.10 Å². The molecule has 2 N–H and O–H groups in total. The molecule has 0 unspecified atom stereocenters. The number of halogens is 1. The quantitative estimate of drug-likeness (QED) is 0.138. The number of hydrazone groups is 1. The van der Waals surface area contributed by atoms with Gasteiger partial charge in [-0.3, -0.25) is 19.2 Å². The maximum absolute atomic E-state index is 13.3. The number of hydrogen-bond donors (Lipinski definition) is 2. The number of nitrogens with one attached hydrogen (secondary N) is 2. The maximum atomic E-state index is 13.3. The van der Waals surface area contributed by atoms with Crippen LogP contribution in [0.4, 0.5) is 11.4 Å². The number of methoxy groups -OCH3 is 1. The Hall–Kier alpha value is -6.26. The van der Waals surface area contributed by atoms with Crippen LogP contribution in [0.15, 0.2) is 120 Å². The van der Waals surface area contributed by atoms with Gasteiger partial charge in [-0.2, -0.15) is 5.10 Å². The van der Waals surface area contributed by atoms with Crippen LogP contribution in [0.3, 0.4) is 0 Å². The van der Waals surface area contributed by atoms with Crippen molar-refractivity contribution in [2.45, 2.75) is 33.6 Å². The number of carbonyl (C=O) groups excluding carboxylic acids is 4.